The molecule has 0 saturated heterocycles. The van der Waals surface area contributed by atoms with Crippen LogP contribution >= 0.6 is 11.6 Å². The maximum absolute atomic E-state index is 14.1. The molecule has 0 bridgehead atoms. The number of nitrogens with two attached hydrogens (primary N) is 1. The molecule has 1 aromatic heterocycles. The Labute approximate surface area is 120 Å². The number of hydrogen-bond acceptors (Lipinski definition) is 3. The van der Waals surface area contributed by atoms with E-state index in [-0.39, 0.29) is 16.4 Å². The number of nitrogens with zero attached hydrogens (tertiary/aromatic N) is 2. The molecule has 100 valence electrons. The highest BCUT2D eigenvalue weighted by Crippen LogP contribution is 2.29. The lowest BCUT2D eigenvalue weighted by Gasteiger charge is -2.08. The molecule has 0 spiro atoms. The number of nitrogen functional groups attached to an aromatic ring is 1. The molecule has 3 rings (SSSR count). The van der Waals surface area contributed by atoms with Gasteiger partial charge in [0.1, 0.15) is 5.82 Å². The van der Waals surface area contributed by atoms with Gasteiger partial charge in [-0.05, 0) is 30.7 Å². The lowest BCUT2D eigenvalue weighted by Crippen LogP contribution is -2.00. The van der Waals surface area contributed by atoms with Crippen molar-refractivity contribution in [1.29, 1.82) is 0 Å². The van der Waals surface area contributed by atoms with Gasteiger partial charge in [-0.15, -0.1) is 0 Å². The molecule has 0 aliphatic rings. The molecule has 2 N–H and O–H groups in total. The molecule has 0 saturated carbocycles. The fourth-order valence-electron chi connectivity index (χ4n) is 2.12. The van der Waals surface area contributed by atoms with Gasteiger partial charge in [-0.1, -0.05) is 29.8 Å². The fourth-order valence-corrected chi connectivity index (χ4v) is 2.29. The standard InChI is InChI=1S/C15H11ClFN3/c1-8-4-2-6-10-13(8)19-15(20-14(10)18)9-5-3-7-11(16)12(9)17/h2-7H,1H3,(H2,18,19,20). The normalized spacial score (nSPS) is 10.9. The van der Waals surface area contributed by atoms with E-state index in [0.29, 0.717) is 5.82 Å². The first kappa shape index (κ1) is 12.8. The molecule has 0 amide bonds. The average Bonchev–Trinajstić information content (AvgIpc) is 2.43. The number of rotatable bonds is 1. The van der Waals surface area contributed by atoms with E-state index in [0.717, 1.165) is 16.5 Å². The average molecular weight is 288 g/mol. The Kier molecular flexibility index (Phi) is 3.03. The van der Waals surface area contributed by atoms with E-state index in [2.05, 4.69) is 9.97 Å². The van der Waals surface area contributed by atoms with Crippen LogP contribution in [0.1, 0.15) is 5.56 Å². The first-order chi connectivity index (χ1) is 9.58. The molecule has 0 aliphatic heterocycles. The third-order valence-electron chi connectivity index (χ3n) is 3.15. The fraction of sp³-hybridized carbons (Fsp3) is 0.0667. The summed E-state index contributed by atoms with van der Waals surface area (Å²) in [6.45, 7) is 1.92. The summed E-state index contributed by atoms with van der Waals surface area (Å²) in [6.07, 6.45) is 0. The molecular formula is C15H11ClFN3. The Balaban J connectivity index is 2.33. The summed E-state index contributed by atoms with van der Waals surface area (Å²) in [7, 11) is 0. The molecule has 0 radical (unpaired) electrons. The van der Waals surface area contributed by atoms with Crippen molar-refractivity contribution in [3.63, 3.8) is 0 Å². The number of benzene rings is 2. The zero-order chi connectivity index (χ0) is 14.3. The van der Waals surface area contributed by atoms with Crippen LogP contribution < -0.4 is 5.73 Å². The number of halogens is 2. The molecule has 2 aromatic carbocycles. The molecule has 0 fully saturated rings. The van der Waals surface area contributed by atoms with Crippen LogP contribution in [0.25, 0.3) is 22.3 Å². The second-order valence-electron chi connectivity index (χ2n) is 4.50. The van der Waals surface area contributed by atoms with Gasteiger partial charge in [-0.25, -0.2) is 14.4 Å². The Morgan fingerprint density at radius 1 is 1.10 bits per heavy atom. The first-order valence-corrected chi connectivity index (χ1v) is 6.43. The van der Waals surface area contributed by atoms with Gasteiger partial charge in [-0.2, -0.15) is 0 Å². The maximum Gasteiger partial charge on any atom is 0.165 e. The summed E-state index contributed by atoms with van der Waals surface area (Å²) >= 11 is 5.79. The van der Waals surface area contributed by atoms with Crippen LogP contribution in [0.2, 0.25) is 5.02 Å². The second-order valence-corrected chi connectivity index (χ2v) is 4.91. The summed E-state index contributed by atoms with van der Waals surface area (Å²) in [4.78, 5) is 8.60. The lowest BCUT2D eigenvalue weighted by molar-refractivity contribution is 0.630. The van der Waals surface area contributed by atoms with E-state index < -0.39 is 5.82 Å². The van der Waals surface area contributed by atoms with Crippen molar-refractivity contribution in [2.24, 2.45) is 0 Å². The quantitative estimate of drug-likeness (QED) is 0.736. The number of para-hydroxylation sites is 1. The van der Waals surface area contributed by atoms with E-state index in [1.165, 1.54) is 6.07 Å². The largest absolute Gasteiger partial charge is 0.383 e. The van der Waals surface area contributed by atoms with Crippen LogP contribution in [-0.4, -0.2) is 9.97 Å². The van der Waals surface area contributed by atoms with Crippen LogP contribution in [0.5, 0.6) is 0 Å². The van der Waals surface area contributed by atoms with Crippen LogP contribution in [0.3, 0.4) is 0 Å². The Morgan fingerprint density at radius 3 is 2.65 bits per heavy atom. The Hall–Kier alpha value is -2.20. The van der Waals surface area contributed by atoms with Crippen molar-refractivity contribution < 1.29 is 4.39 Å². The van der Waals surface area contributed by atoms with Gasteiger partial charge in [0.05, 0.1) is 16.1 Å². The highest BCUT2D eigenvalue weighted by atomic mass is 35.5. The number of anilines is 1. The van der Waals surface area contributed by atoms with Crippen molar-refractivity contribution in [2.75, 3.05) is 5.73 Å². The summed E-state index contributed by atoms with van der Waals surface area (Å²) in [6, 6.07) is 10.4. The van der Waals surface area contributed by atoms with E-state index >= 15 is 0 Å². The van der Waals surface area contributed by atoms with E-state index in [1.54, 1.807) is 12.1 Å². The van der Waals surface area contributed by atoms with Gasteiger partial charge in [0, 0.05) is 5.39 Å². The topological polar surface area (TPSA) is 51.8 Å². The van der Waals surface area contributed by atoms with Crippen molar-refractivity contribution in [3.8, 4) is 11.4 Å². The van der Waals surface area contributed by atoms with Crippen molar-refractivity contribution in [3.05, 3.63) is 52.8 Å². The number of fused-ring (bicyclic) bond motifs is 1. The van der Waals surface area contributed by atoms with Gasteiger partial charge >= 0.3 is 0 Å². The molecule has 20 heavy (non-hydrogen) atoms. The molecule has 3 aromatic rings. The predicted octanol–water partition coefficient (Wildman–Crippen LogP) is 3.98. The monoisotopic (exact) mass is 287 g/mol. The SMILES string of the molecule is Cc1cccc2c(N)nc(-c3cccc(Cl)c3F)nc12. The Bertz CT molecular complexity index is 818. The minimum absolute atomic E-state index is 0.0366. The van der Waals surface area contributed by atoms with Crippen molar-refractivity contribution in [2.45, 2.75) is 6.92 Å². The van der Waals surface area contributed by atoms with Gasteiger partial charge < -0.3 is 5.73 Å². The predicted molar refractivity (Wildman–Crippen MR) is 79.1 cm³/mol. The molecule has 0 unspecified atom stereocenters. The summed E-state index contributed by atoms with van der Waals surface area (Å²) < 4.78 is 14.1. The molecule has 3 nitrogen and oxygen atoms in total. The molecular weight excluding hydrogens is 277 g/mol. The highest BCUT2D eigenvalue weighted by Gasteiger charge is 2.14. The molecule has 0 atom stereocenters. The van der Waals surface area contributed by atoms with Gasteiger partial charge in [-0.3, -0.25) is 0 Å². The summed E-state index contributed by atoms with van der Waals surface area (Å²) in [5, 5.41) is 0.797. The zero-order valence-electron chi connectivity index (χ0n) is 10.7. The number of aryl methyl sites for hydroxylation is 1. The first-order valence-electron chi connectivity index (χ1n) is 6.05. The van der Waals surface area contributed by atoms with Crippen LogP contribution in [-0.2, 0) is 0 Å². The number of hydrogen-bond donors (Lipinski definition) is 1. The van der Waals surface area contributed by atoms with E-state index in [1.807, 2.05) is 25.1 Å². The van der Waals surface area contributed by atoms with Crippen molar-refractivity contribution in [1.82, 2.24) is 9.97 Å². The molecule has 5 heteroatoms. The lowest BCUT2D eigenvalue weighted by atomic mass is 10.1. The summed E-state index contributed by atoms with van der Waals surface area (Å²) in [5.74, 6) is 0.0267. The third-order valence-corrected chi connectivity index (χ3v) is 3.44. The minimum atomic E-state index is -0.540. The van der Waals surface area contributed by atoms with Crippen LogP contribution in [0.4, 0.5) is 10.2 Å². The number of aromatic nitrogens is 2. The summed E-state index contributed by atoms with van der Waals surface area (Å²) in [5.41, 5.74) is 7.87. The zero-order valence-corrected chi connectivity index (χ0v) is 11.4. The van der Waals surface area contributed by atoms with Gasteiger partial charge in [0.25, 0.3) is 0 Å². The molecule has 0 aliphatic carbocycles. The van der Waals surface area contributed by atoms with Gasteiger partial charge in [0.15, 0.2) is 11.6 Å². The molecule has 1 heterocycles. The van der Waals surface area contributed by atoms with Crippen LogP contribution in [0.15, 0.2) is 36.4 Å². The van der Waals surface area contributed by atoms with Crippen molar-refractivity contribution >= 4 is 28.3 Å². The third kappa shape index (κ3) is 1.98. The van der Waals surface area contributed by atoms with E-state index in [9.17, 15) is 4.39 Å². The smallest absolute Gasteiger partial charge is 0.165 e. The van der Waals surface area contributed by atoms with Crippen LogP contribution in [0, 0.1) is 12.7 Å². The Morgan fingerprint density at radius 2 is 1.85 bits per heavy atom. The highest BCUT2D eigenvalue weighted by molar-refractivity contribution is 6.31. The minimum Gasteiger partial charge on any atom is -0.383 e. The maximum atomic E-state index is 14.1. The van der Waals surface area contributed by atoms with Gasteiger partial charge in [0.2, 0.25) is 0 Å². The van der Waals surface area contributed by atoms with E-state index in [4.69, 9.17) is 17.3 Å². The second kappa shape index (κ2) is 4.72.